The summed E-state index contributed by atoms with van der Waals surface area (Å²) in [5.41, 5.74) is -0.206. The Balaban J connectivity index is 0.00000342. The van der Waals surface area contributed by atoms with Crippen molar-refractivity contribution in [3.63, 3.8) is 0 Å². The molecule has 1 amide bonds. The molecule has 0 bridgehead atoms. The van der Waals surface area contributed by atoms with Crippen LogP contribution in [0.4, 0.5) is 8.78 Å². The Morgan fingerprint density at radius 2 is 1.77 bits per heavy atom. The van der Waals surface area contributed by atoms with Crippen LogP contribution in [0.1, 0.15) is 55.8 Å². The van der Waals surface area contributed by atoms with Gasteiger partial charge in [0.2, 0.25) is 10.0 Å². The number of hydrogen-bond donors (Lipinski definition) is 1. The zero-order valence-electron chi connectivity index (χ0n) is 20.0. The molecule has 35 heavy (non-hydrogen) atoms. The molecule has 1 N–H and O–H groups in total. The number of halogens is 4. The van der Waals surface area contributed by atoms with E-state index in [1.54, 1.807) is 24.3 Å². The molecule has 0 spiro atoms. The highest BCUT2D eigenvalue weighted by Gasteiger charge is 2.58. The van der Waals surface area contributed by atoms with Crippen LogP contribution in [0.3, 0.4) is 0 Å². The molecule has 3 fully saturated rings. The second-order valence-corrected chi connectivity index (χ2v) is 12.5. The minimum atomic E-state index is -3.33. The van der Waals surface area contributed by atoms with Crippen LogP contribution in [0, 0.1) is 5.92 Å². The summed E-state index contributed by atoms with van der Waals surface area (Å²) < 4.78 is 55.6. The normalized spacial score (nSPS) is 28.6. The minimum absolute atomic E-state index is 0. The van der Waals surface area contributed by atoms with E-state index in [1.807, 2.05) is 13.0 Å². The SMILES string of the molecule is CCCS(=O)(=O)N1CCN(C2(C(NC(=O)c3ccccc3)C3CC3)CCC(F)(F)C(Cl)C2)CC1.Cl. The number of carbonyl (C=O) groups is 1. The summed E-state index contributed by atoms with van der Waals surface area (Å²) in [4.78, 5) is 15.3. The number of rotatable bonds is 8. The predicted octanol–water partition coefficient (Wildman–Crippen LogP) is 4.14. The molecule has 6 nitrogen and oxygen atoms in total. The lowest BCUT2D eigenvalue weighted by molar-refractivity contribution is -0.0951. The molecule has 1 aromatic rings. The Morgan fingerprint density at radius 1 is 1.14 bits per heavy atom. The fraction of sp³-hybridized carbons (Fsp3) is 0.708. The molecule has 0 radical (unpaired) electrons. The maximum Gasteiger partial charge on any atom is 0.264 e. The van der Waals surface area contributed by atoms with Gasteiger partial charge in [-0.15, -0.1) is 24.0 Å². The van der Waals surface area contributed by atoms with Crippen molar-refractivity contribution in [2.75, 3.05) is 31.9 Å². The van der Waals surface area contributed by atoms with E-state index in [1.165, 1.54) is 4.31 Å². The van der Waals surface area contributed by atoms with E-state index in [9.17, 15) is 22.0 Å². The fourth-order valence-corrected chi connectivity index (χ4v) is 7.47. The van der Waals surface area contributed by atoms with Crippen LogP contribution in [0.25, 0.3) is 0 Å². The minimum Gasteiger partial charge on any atom is -0.347 e. The number of alkyl halides is 3. The van der Waals surface area contributed by atoms with E-state index in [0.29, 0.717) is 38.2 Å². The van der Waals surface area contributed by atoms with Crippen molar-refractivity contribution in [1.82, 2.24) is 14.5 Å². The first-order chi connectivity index (χ1) is 16.1. The van der Waals surface area contributed by atoms with Crippen LogP contribution in [0.2, 0.25) is 0 Å². The highest BCUT2D eigenvalue weighted by molar-refractivity contribution is 7.89. The molecule has 11 heteroatoms. The van der Waals surface area contributed by atoms with Crippen molar-refractivity contribution in [2.24, 2.45) is 5.92 Å². The van der Waals surface area contributed by atoms with Crippen LogP contribution in [-0.4, -0.2) is 78.3 Å². The topological polar surface area (TPSA) is 69.7 Å². The first-order valence-electron chi connectivity index (χ1n) is 12.2. The smallest absolute Gasteiger partial charge is 0.264 e. The Kier molecular flexibility index (Phi) is 9.12. The summed E-state index contributed by atoms with van der Waals surface area (Å²) in [6.45, 7) is 3.33. The van der Waals surface area contributed by atoms with Crippen molar-refractivity contribution in [3.8, 4) is 0 Å². The highest BCUT2D eigenvalue weighted by Crippen LogP contribution is 2.50. The fourth-order valence-electron chi connectivity index (χ4n) is 5.60. The number of amides is 1. The molecule has 198 valence electrons. The standard InChI is InChI=1S/C24H34ClF2N3O3S.ClH/c1-2-16-34(32,33)30-14-12-29(13-15-30)23(10-11-24(26,27)20(25)17-23)21(18-8-9-18)28-22(31)19-6-4-3-5-7-19;/h3-7,18,20-21H,2,8-17H2,1H3,(H,28,31);1H. The maximum absolute atomic E-state index is 14.5. The molecule has 1 aromatic carbocycles. The number of hydrogen-bond acceptors (Lipinski definition) is 4. The monoisotopic (exact) mass is 553 g/mol. The zero-order chi connectivity index (χ0) is 24.6. The third-order valence-electron chi connectivity index (χ3n) is 7.60. The zero-order valence-corrected chi connectivity index (χ0v) is 22.4. The number of nitrogens with one attached hydrogen (secondary N) is 1. The number of benzene rings is 1. The van der Waals surface area contributed by atoms with E-state index in [4.69, 9.17) is 11.6 Å². The largest absolute Gasteiger partial charge is 0.347 e. The maximum atomic E-state index is 14.5. The lowest BCUT2D eigenvalue weighted by Crippen LogP contribution is -2.70. The van der Waals surface area contributed by atoms with Gasteiger partial charge in [-0.25, -0.2) is 17.2 Å². The van der Waals surface area contributed by atoms with Crippen molar-refractivity contribution < 1.29 is 22.0 Å². The summed E-state index contributed by atoms with van der Waals surface area (Å²) in [7, 11) is -3.33. The van der Waals surface area contributed by atoms with Crippen molar-refractivity contribution >= 4 is 39.9 Å². The van der Waals surface area contributed by atoms with Gasteiger partial charge in [0.15, 0.2) is 0 Å². The number of sulfonamides is 1. The van der Waals surface area contributed by atoms with Gasteiger partial charge in [0.25, 0.3) is 11.8 Å². The lowest BCUT2D eigenvalue weighted by atomic mass is 9.71. The first kappa shape index (κ1) is 28.6. The summed E-state index contributed by atoms with van der Waals surface area (Å²) >= 11 is 6.28. The van der Waals surface area contributed by atoms with Gasteiger partial charge in [0.05, 0.1) is 17.2 Å². The van der Waals surface area contributed by atoms with E-state index in [-0.39, 0.29) is 55.3 Å². The number of nitrogens with zero attached hydrogens (tertiary/aromatic N) is 2. The van der Waals surface area contributed by atoms with E-state index < -0.39 is 26.9 Å². The van der Waals surface area contributed by atoms with Gasteiger partial charge in [-0.05, 0) is 50.2 Å². The molecule has 3 atom stereocenters. The molecule has 2 saturated carbocycles. The first-order valence-corrected chi connectivity index (χ1v) is 14.2. The van der Waals surface area contributed by atoms with Gasteiger partial charge in [-0.1, -0.05) is 25.1 Å². The molecule has 3 aliphatic rings. The second-order valence-electron chi connectivity index (χ2n) is 9.89. The Hall–Kier alpha value is -1.00. The summed E-state index contributed by atoms with van der Waals surface area (Å²) in [5.74, 6) is -2.88. The molecule has 0 aromatic heterocycles. The van der Waals surface area contributed by atoms with Gasteiger partial charge in [-0.3, -0.25) is 9.69 Å². The molecule has 1 saturated heterocycles. The van der Waals surface area contributed by atoms with Gasteiger partial charge in [0, 0.05) is 43.7 Å². The third-order valence-corrected chi connectivity index (χ3v) is 10.2. The van der Waals surface area contributed by atoms with Gasteiger partial charge < -0.3 is 5.32 Å². The van der Waals surface area contributed by atoms with E-state index >= 15 is 0 Å². The lowest BCUT2D eigenvalue weighted by Gasteiger charge is -2.55. The molecule has 3 unspecified atom stereocenters. The highest BCUT2D eigenvalue weighted by atomic mass is 35.5. The number of carbonyl (C=O) groups excluding carboxylic acids is 1. The Morgan fingerprint density at radius 3 is 2.31 bits per heavy atom. The van der Waals surface area contributed by atoms with Gasteiger partial charge in [0.1, 0.15) is 0 Å². The average Bonchev–Trinajstić information content (AvgIpc) is 3.65. The average molecular weight is 555 g/mol. The van der Waals surface area contributed by atoms with Gasteiger partial charge >= 0.3 is 0 Å². The van der Waals surface area contributed by atoms with Crippen molar-refractivity contribution in [2.45, 2.75) is 68.3 Å². The van der Waals surface area contributed by atoms with Crippen molar-refractivity contribution in [1.29, 1.82) is 0 Å². The van der Waals surface area contributed by atoms with Crippen LogP contribution in [-0.2, 0) is 10.0 Å². The quantitative estimate of drug-likeness (QED) is 0.491. The van der Waals surface area contributed by atoms with Crippen molar-refractivity contribution in [3.05, 3.63) is 35.9 Å². The third kappa shape index (κ3) is 6.12. The second kappa shape index (κ2) is 11.2. The number of piperazine rings is 1. The van der Waals surface area contributed by atoms with Crippen LogP contribution in [0.5, 0.6) is 0 Å². The molecule has 4 rings (SSSR count). The summed E-state index contributed by atoms with van der Waals surface area (Å²) in [5, 5.41) is 1.86. The molecule has 1 heterocycles. The molecular formula is C24H35Cl2F2N3O3S. The molecule has 1 aliphatic heterocycles. The molecule has 2 aliphatic carbocycles. The Labute approximate surface area is 218 Å². The Bertz CT molecular complexity index is 973. The molecular weight excluding hydrogens is 519 g/mol. The summed E-state index contributed by atoms with van der Waals surface area (Å²) in [6.07, 6.45) is 2.32. The summed E-state index contributed by atoms with van der Waals surface area (Å²) in [6, 6.07) is 8.58. The van der Waals surface area contributed by atoms with Gasteiger partial charge in [-0.2, -0.15) is 4.31 Å². The van der Waals surface area contributed by atoms with Crippen LogP contribution in [0.15, 0.2) is 30.3 Å². The van der Waals surface area contributed by atoms with E-state index in [2.05, 4.69) is 10.2 Å². The van der Waals surface area contributed by atoms with E-state index in [0.717, 1.165) is 12.8 Å². The van der Waals surface area contributed by atoms with Crippen LogP contribution < -0.4 is 5.32 Å². The van der Waals surface area contributed by atoms with Crippen LogP contribution >= 0.6 is 24.0 Å². The predicted molar refractivity (Wildman–Crippen MR) is 136 cm³/mol.